The lowest BCUT2D eigenvalue weighted by Crippen LogP contribution is -2.46. The summed E-state index contributed by atoms with van der Waals surface area (Å²) in [5.41, 5.74) is 1.56. The van der Waals surface area contributed by atoms with Crippen molar-refractivity contribution < 1.29 is 0 Å². The maximum atomic E-state index is 4.56. The summed E-state index contributed by atoms with van der Waals surface area (Å²) in [7, 11) is 2.22. The Morgan fingerprint density at radius 1 is 1.09 bits per heavy atom. The maximum Gasteiger partial charge on any atom is 0.141 e. The lowest BCUT2D eigenvalue weighted by atomic mass is 10.1. The monoisotopic (exact) mass is 311 g/mol. The molecule has 1 aliphatic heterocycles. The minimum Gasteiger partial charge on any atom is -0.330 e. The van der Waals surface area contributed by atoms with E-state index in [1.807, 2.05) is 24.7 Å². The van der Waals surface area contributed by atoms with Gasteiger partial charge < -0.3 is 14.4 Å². The molecule has 5 nitrogen and oxygen atoms in total. The summed E-state index contributed by atoms with van der Waals surface area (Å²) in [6.07, 6.45) is 10.4. The van der Waals surface area contributed by atoms with Gasteiger partial charge in [-0.05, 0) is 32.0 Å². The van der Waals surface area contributed by atoms with Gasteiger partial charge in [-0.25, -0.2) is 4.98 Å². The summed E-state index contributed by atoms with van der Waals surface area (Å²) in [6, 6.07) is 4.07. The Morgan fingerprint density at radius 2 is 1.91 bits per heavy atom. The van der Waals surface area contributed by atoms with Crippen molar-refractivity contribution in [1.82, 2.24) is 24.3 Å². The molecule has 0 aromatic carbocycles. The normalized spacial score (nSPS) is 21.4. The fraction of sp³-hybridized carbons (Fsp3) is 0.556. The summed E-state index contributed by atoms with van der Waals surface area (Å²) in [5, 5.41) is 0. The Morgan fingerprint density at radius 3 is 2.61 bits per heavy atom. The number of hydrogen-bond donors (Lipinski definition) is 0. The maximum absolute atomic E-state index is 4.56. The van der Waals surface area contributed by atoms with Crippen molar-refractivity contribution in [3.05, 3.63) is 36.9 Å². The largest absolute Gasteiger partial charge is 0.330 e. The molecule has 0 atom stereocenters. The van der Waals surface area contributed by atoms with Crippen LogP contribution in [-0.4, -0.2) is 64.1 Å². The molecule has 1 saturated heterocycles. The molecular weight excluding hydrogens is 286 g/mol. The van der Waals surface area contributed by atoms with Gasteiger partial charge in [-0.1, -0.05) is 0 Å². The van der Waals surface area contributed by atoms with E-state index in [0.717, 1.165) is 17.9 Å². The summed E-state index contributed by atoms with van der Waals surface area (Å²) in [5.74, 6) is 1.04. The molecule has 0 amide bonds. The first-order chi connectivity index (χ1) is 11.2. The van der Waals surface area contributed by atoms with Crippen LogP contribution in [0, 0.1) is 5.41 Å². The van der Waals surface area contributed by atoms with Gasteiger partial charge in [0, 0.05) is 75.0 Å². The molecule has 0 unspecified atom stereocenters. The van der Waals surface area contributed by atoms with E-state index in [1.54, 1.807) is 0 Å². The number of rotatable bonds is 5. The topological polar surface area (TPSA) is 37.2 Å². The van der Waals surface area contributed by atoms with E-state index in [2.05, 4.69) is 43.6 Å². The van der Waals surface area contributed by atoms with E-state index in [1.165, 1.54) is 45.6 Å². The molecule has 3 heterocycles. The molecule has 0 bridgehead atoms. The third-order valence-electron chi connectivity index (χ3n) is 5.25. The van der Waals surface area contributed by atoms with Crippen molar-refractivity contribution in [1.29, 1.82) is 0 Å². The minimum absolute atomic E-state index is 0.452. The van der Waals surface area contributed by atoms with E-state index in [0.29, 0.717) is 5.41 Å². The number of pyridine rings is 1. The van der Waals surface area contributed by atoms with Crippen molar-refractivity contribution in [2.75, 3.05) is 39.8 Å². The number of nitrogens with zero attached hydrogens (tertiary/aromatic N) is 5. The summed E-state index contributed by atoms with van der Waals surface area (Å²) < 4.78 is 2.32. The van der Waals surface area contributed by atoms with Crippen LogP contribution in [0.1, 0.15) is 12.8 Å². The highest BCUT2D eigenvalue weighted by atomic mass is 15.3. The van der Waals surface area contributed by atoms with Gasteiger partial charge in [-0.15, -0.1) is 0 Å². The van der Waals surface area contributed by atoms with E-state index < -0.39 is 0 Å². The standard InChI is InChI=1S/C18H25N5/c1-21-9-11-22(12-10-21)14-18(4-5-18)15-23-8-7-20-17(23)16-3-2-6-19-13-16/h2-3,6-8,13H,4-5,9-12,14-15H2,1H3. The highest BCUT2D eigenvalue weighted by Gasteiger charge is 2.44. The molecule has 5 heteroatoms. The number of hydrogen-bond acceptors (Lipinski definition) is 4. The molecule has 2 aromatic heterocycles. The van der Waals surface area contributed by atoms with Crippen LogP contribution >= 0.6 is 0 Å². The van der Waals surface area contributed by atoms with Crippen LogP contribution in [-0.2, 0) is 6.54 Å². The second-order valence-corrected chi connectivity index (χ2v) is 7.20. The van der Waals surface area contributed by atoms with Crippen LogP contribution in [0.3, 0.4) is 0 Å². The Labute approximate surface area is 138 Å². The third kappa shape index (κ3) is 3.31. The van der Waals surface area contributed by atoms with Gasteiger partial charge in [0.1, 0.15) is 5.82 Å². The van der Waals surface area contributed by atoms with Crippen LogP contribution in [0.15, 0.2) is 36.9 Å². The van der Waals surface area contributed by atoms with Gasteiger partial charge in [0.2, 0.25) is 0 Å². The van der Waals surface area contributed by atoms with Gasteiger partial charge >= 0.3 is 0 Å². The van der Waals surface area contributed by atoms with Gasteiger partial charge in [0.05, 0.1) is 0 Å². The molecule has 122 valence electrons. The second-order valence-electron chi connectivity index (χ2n) is 7.20. The van der Waals surface area contributed by atoms with Crippen LogP contribution in [0.4, 0.5) is 0 Å². The average Bonchev–Trinajstić information content (AvgIpc) is 3.16. The first kappa shape index (κ1) is 14.8. The lowest BCUT2D eigenvalue weighted by Gasteiger charge is -2.35. The summed E-state index contributed by atoms with van der Waals surface area (Å²) in [4.78, 5) is 13.9. The minimum atomic E-state index is 0.452. The van der Waals surface area contributed by atoms with Crippen molar-refractivity contribution in [2.45, 2.75) is 19.4 Å². The highest BCUT2D eigenvalue weighted by Crippen LogP contribution is 2.48. The summed E-state index contributed by atoms with van der Waals surface area (Å²) >= 11 is 0. The number of imidazole rings is 1. The van der Waals surface area contributed by atoms with Crippen molar-refractivity contribution >= 4 is 0 Å². The van der Waals surface area contributed by atoms with Gasteiger partial charge in [-0.3, -0.25) is 4.98 Å². The Hall–Kier alpha value is -1.72. The van der Waals surface area contributed by atoms with E-state index in [4.69, 9.17) is 0 Å². The summed E-state index contributed by atoms with van der Waals surface area (Å²) in [6.45, 7) is 7.11. The Kier molecular flexibility index (Phi) is 3.91. The number of piperazine rings is 1. The molecule has 0 spiro atoms. The fourth-order valence-corrected chi connectivity index (χ4v) is 3.58. The van der Waals surface area contributed by atoms with E-state index in [9.17, 15) is 0 Å². The molecule has 4 rings (SSSR count). The number of likely N-dealkylation sites (N-methyl/N-ethyl adjacent to an activating group) is 1. The lowest BCUT2D eigenvalue weighted by molar-refractivity contribution is 0.125. The van der Waals surface area contributed by atoms with Crippen molar-refractivity contribution in [2.24, 2.45) is 5.41 Å². The zero-order chi connectivity index (χ0) is 15.7. The zero-order valence-electron chi connectivity index (χ0n) is 13.9. The highest BCUT2D eigenvalue weighted by molar-refractivity contribution is 5.53. The molecule has 2 aromatic rings. The van der Waals surface area contributed by atoms with Gasteiger partial charge in [-0.2, -0.15) is 0 Å². The molecule has 2 aliphatic rings. The van der Waals surface area contributed by atoms with Crippen molar-refractivity contribution in [3.8, 4) is 11.4 Å². The molecule has 0 radical (unpaired) electrons. The molecular formula is C18H25N5. The van der Waals surface area contributed by atoms with Gasteiger partial charge in [0.25, 0.3) is 0 Å². The predicted octanol–water partition coefficient (Wildman–Crippen LogP) is 1.97. The smallest absolute Gasteiger partial charge is 0.141 e. The SMILES string of the molecule is CN1CCN(CC2(Cn3ccnc3-c3cccnc3)CC2)CC1. The predicted molar refractivity (Wildman–Crippen MR) is 91.1 cm³/mol. The third-order valence-corrected chi connectivity index (χ3v) is 5.25. The quantitative estimate of drug-likeness (QED) is 0.846. The fourth-order valence-electron chi connectivity index (χ4n) is 3.58. The molecule has 2 fully saturated rings. The first-order valence-electron chi connectivity index (χ1n) is 8.57. The van der Waals surface area contributed by atoms with Crippen LogP contribution in [0.2, 0.25) is 0 Å². The van der Waals surface area contributed by atoms with E-state index in [-0.39, 0.29) is 0 Å². The van der Waals surface area contributed by atoms with Crippen LogP contribution in [0.25, 0.3) is 11.4 Å². The van der Waals surface area contributed by atoms with E-state index >= 15 is 0 Å². The molecule has 23 heavy (non-hydrogen) atoms. The Balaban J connectivity index is 1.45. The Bertz CT molecular complexity index is 638. The molecule has 1 aliphatic carbocycles. The van der Waals surface area contributed by atoms with Crippen molar-refractivity contribution in [3.63, 3.8) is 0 Å². The average molecular weight is 311 g/mol. The second kappa shape index (κ2) is 6.06. The number of aromatic nitrogens is 3. The van der Waals surface area contributed by atoms with Crippen LogP contribution in [0.5, 0.6) is 0 Å². The van der Waals surface area contributed by atoms with Crippen LogP contribution < -0.4 is 0 Å². The molecule has 0 N–H and O–H groups in total. The molecule has 1 saturated carbocycles. The van der Waals surface area contributed by atoms with Gasteiger partial charge in [0.15, 0.2) is 0 Å². The first-order valence-corrected chi connectivity index (χ1v) is 8.57. The zero-order valence-corrected chi connectivity index (χ0v) is 13.9.